The Hall–Kier alpha value is -2.61. The number of hydrogen-bond donors (Lipinski definition) is 1. The average Bonchev–Trinajstić information content (AvgIpc) is 3.11. The van der Waals surface area contributed by atoms with Crippen LogP contribution in [0.1, 0.15) is 20.8 Å². The molecular weight excluding hydrogens is 305 g/mol. The van der Waals surface area contributed by atoms with E-state index in [1.165, 1.54) is 34.5 Å². The highest BCUT2D eigenvalue weighted by molar-refractivity contribution is 7.15. The monoisotopic (exact) mass is 317 g/mol. The fourth-order valence-corrected chi connectivity index (χ4v) is 3.11. The molecule has 22 heavy (non-hydrogen) atoms. The molecule has 0 radical (unpaired) electrons. The molecule has 3 aromatic rings. The summed E-state index contributed by atoms with van der Waals surface area (Å²) in [5.74, 6) is -0.873. The van der Waals surface area contributed by atoms with Gasteiger partial charge in [-0.25, -0.2) is 4.39 Å². The number of thiophene rings is 1. The van der Waals surface area contributed by atoms with Crippen LogP contribution >= 0.6 is 11.3 Å². The van der Waals surface area contributed by atoms with Crippen LogP contribution in [0.15, 0.2) is 30.6 Å². The van der Waals surface area contributed by atoms with Gasteiger partial charge in [0.15, 0.2) is 0 Å². The molecule has 0 aliphatic carbocycles. The number of amides is 1. The quantitative estimate of drug-likeness (QED) is 0.806. The van der Waals surface area contributed by atoms with Gasteiger partial charge >= 0.3 is 0 Å². The van der Waals surface area contributed by atoms with Gasteiger partial charge in [-0.05, 0) is 42.0 Å². The molecule has 0 unspecified atom stereocenters. The van der Waals surface area contributed by atoms with E-state index in [2.05, 4.69) is 20.8 Å². The van der Waals surface area contributed by atoms with Crippen LogP contribution in [0.3, 0.4) is 0 Å². The minimum absolute atomic E-state index is 0.137. The standard InChI is InChI=1S/C14H12FN5OS/c1-8-9(2)22-14(20-7-16-18-19-20)12(8)13(21)17-11-6-4-3-5-10(11)15/h3-7H,1-2H3,(H,17,21). The summed E-state index contributed by atoms with van der Waals surface area (Å²) in [5.41, 5.74) is 1.40. The van der Waals surface area contributed by atoms with Crippen molar-refractivity contribution in [2.24, 2.45) is 0 Å². The minimum atomic E-state index is -0.482. The number of nitrogens with one attached hydrogen (secondary N) is 1. The molecule has 112 valence electrons. The Morgan fingerprint density at radius 2 is 2.09 bits per heavy atom. The van der Waals surface area contributed by atoms with Crippen molar-refractivity contribution in [3.05, 3.63) is 52.4 Å². The molecule has 0 atom stereocenters. The highest BCUT2D eigenvalue weighted by Crippen LogP contribution is 2.31. The summed E-state index contributed by atoms with van der Waals surface area (Å²) in [6.45, 7) is 3.75. The summed E-state index contributed by atoms with van der Waals surface area (Å²) >= 11 is 1.41. The van der Waals surface area contributed by atoms with Crippen LogP contribution in [-0.4, -0.2) is 26.1 Å². The first-order chi connectivity index (χ1) is 10.6. The Labute approximate surface area is 129 Å². The van der Waals surface area contributed by atoms with Crippen LogP contribution in [0, 0.1) is 19.7 Å². The molecule has 0 fully saturated rings. The number of nitrogens with zero attached hydrogens (tertiary/aromatic N) is 4. The number of carbonyl (C=O) groups is 1. The van der Waals surface area contributed by atoms with E-state index >= 15 is 0 Å². The van der Waals surface area contributed by atoms with Crippen molar-refractivity contribution < 1.29 is 9.18 Å². The third-order valence-electron chi connectivity index (χ3n) is 3.27. The maximum atomic E-state index is 13.7. The molecule has 2 heterocycles. The van der Waals surface area contributed by atoms with Gasteiger partial charge in [0.05, 0.1) is 11.3 Å². The van der Waals surface area contributed by atoms with Gasteiger partial charge in [0, 0.05) is 4.88 Å². The number of aryl methyl sites for hydroxylation is 1. The number of carbonyl (C=O) groups excluding carboxylic acids is 1. The van der Waals surface area contributed by atoms with Crippen molar-refractivity contribution in [2.75, 3.05) is 5.32 Å². The summed E-state index contributed by atoms with van der Waals surface area (Å²) in [5, 5.41) is 14.2. The number of aromatic nitrogens is 4. The molecule has 8 heteroatoms. The summed E-state index contributed by atoms with van der Waals surface area (Å²) in [7, 11) is 0. The first kappa shape index (κ1) is 14.3. The zero-order chi connectivity index (χ0) is 15.7. The molecule has 0 saturated carbocycles. The van der Waals surface area contributed by atoms with Crippen LogP contribution in [-0.2, 0) is 0 Å². The van der Waals surface area contributed by atoms with Crippen molar-refractivity contribution in [1.82, 2.24) is 20.2 Å². The molecule has 0 aliphatic heterocycles. The molecule has 3 rings (SSSR count). The number of para-hydroxylation sites is 1. The second kappa shape index (κ2) is 5.64. The molecule has 6 nitrogen and oxygen atoms in total. The topological polar surface area (TPSA) is 72.7 Å². The van der Waals surface area contributed by atoms with E-state index in [1.54, 1.807) is 12.1 Å². The van der Waals surface area contributed by atoms with Crippen LogP contribution < -0.4 is 5.32 Å². The van der Waals surface area contributed by atoms with Gasteiger partial charge in [-0.2, -0.15) is 4.68 Å². The number of benzene rings is 1. The Bertz CT molecular complexity index is 828. The Balaban J connectivity index is 2.01. The second-order valence-electron chi connectivity index (χ2n) is 4.65. The lowest BCUT2D eigenvalue weighted by atomic mass is 10.1. The fourth-order valence-electron chi connectivity index (χ4n) is 2.04. The Morgan fingerprint density at radius 3 is 2.77 bits per heavy atom. The molecule has 0 spiro atoms. The maximum absolute atomic E-state index is 13.7. The molecule has 1 N–H and O–H groups in total. The van der Waals surface area contributed by atoms with E-state index in [1.807, 2.05) is 13.8 Å². The summed E-state index contributed by atoms with van der Waals surface area (Å²) in [4.78, 5) is 13.5. The first-order valence-electron chi connectivity index (χ1n) is 6.47. The van der Waals surface area contributed by atoms with Gasteiger partial charge in [0.1, 0.15) is 17.1 Å². The van der Waals surface area contributed by atoms with Gasteiger partial charge in [-0.15, -0.1) is 16.4 Å². The van der Waals surface area contributed by atoms with Gasteiger partial charge in [0.25, 0.3) is 5.91 Å². The lowest BCUT2D eigenvalue weighted by Gasteiger charge is -2.08. The zero-order valence-corrected chi connectivity index (χ0v) is 12.7. The third kappa shape index (κ3) is 2.48. The number of rotatable bonds is 3. The summed E-state index contributed by atoms with van der Waals surface area (Å²) in [6.07, 6.45) is 1.42. The van der Waals surface area contributed by atoms with Crippen molar-refractivity contribution in [3.63, 3.8) is 0 Å². The van der Waals surface area contributed by atoms with Gasteiger partial charge in [-0.1, -0.05) is 12.1 Å². The number of tetrazole rings is 1. The summed E-state index contributed by atoms with van der Waals surface area (Å²) in [6, 6.07) is 6.03. The van der Waals surface area contributed by atoms with E-state index in [9.17, 15) is 9.18 Å². The lowest BCUT2D eigenvalue weighted by Crippen LogP contribution is -2.15. The Morgan fingerprint density at radius 1 is 1.32 bits per heavy atom. The third-order valence-corrected chi connectivity index (χ3v) is 4.47. The number of halogens is 1. The molecule has 2 aromatic heterocycles. The van der Waals surface area contributed by atoms with Crippen LogP contribution in [0.5, 0.6) is 0 Å². The highest BCUT2D eigenvalue weighted by Gasteiger charge is 2.22. The minimum Gasteiger partial charge on any atom is -0.319 e. The first-order valence-corrected chi connectivity index (χ1v) is 7.29. The Kier molecular flexibility index (Phi) is 3.68. The molecule has 0 saturated heterocycles. The smallest absolute Gasteiger partial charge is 0.259 e. The van der Waals surface area contributed by atoms with Gasteiger partial charge < -0.3 is 5.32 Å². The summed E-state index contributed by atoms with van der Waals surface area (Å²) < 4.78 is 15.1. The molecule has 0 aliphatic rings. The largest absolute Gasteiger partial charge is 0.319 e. The normalized spacial score (nSPS) is 10.7. The second-order valence-corrected chi connectivity index (χ2v) is 5.85. The van der Waals surface area contributed by atoms with Crippen molar-refractivity contribution in [3.8, 4) is 5.00 Å². The van der Waals surface area contributed by atoms with Crippen molar-refractivity contribution in [2.45, 2.75) is 13.8 Å². The number of hydrogen-bond acceptors (Lipinski definition) is 5. The molecular formula is C14H12FN5OS. The van der Waals surface area contributed by atoms with Gasteiger partial charge in [0.2, 0.25) is 0 Å². The fraction of sp³-hybridized carbons (Fsp3) is 0.143. The SMILES string of the molecule is Cc1sc(-n2cnnn2)c(C(=O)Nc2ccccc2F)c1C. The van der Waals surface area contributed by atoms with E-state index < -0.39 is 11.7 Å². The van der Waals surface area contributed by atoms with E-state index in [-0.39, 0.29) is 5.69 Å². The van der Waals surface area contributed by atoms with E-state index in [0.29, 0.717) is 10.6 Å². The predicted molar refractivity (Wildman–Crippen MR) is 80.9 cm³/mol. The molecule has 1 aromatic carbocycles. The van der Waals surface area contributed by atoms with Crippen LogP contribution in [0.25, 0.3) is 5.00 Å². The predicted octanol–water partition coefficient (Wildman–Crippen LogP) is 2.73. The molecule has 1 amide bonds. The maximum Gasteiger partial charge on any atom is 0.259 e. The number of anilines is 1. The average molecular weight is 317 g/mol. The van der Waals surface area contributed by atoms with Gasteiger partial charge in [-0.3, -0.25) is 4.79 Å². The molecule has 0 bridgehead atoms. The van der Waals surface area contributed by atoms with Crippen molar-refractivity contribution >= 4 is 22.9 Å². The highest BCUT2D eigenvalue weighted by atomic mass is 32.1. The van der Waals surface area contributed by atoms with Crippen LogP contribution in [0.2, 0.25) is 0 Å². The van der Waals surface area contributed by atoms with Crippen LogP contribution in [0.4, 0.5) is 10.1 Å². The van der Waals surface area contributed by atoms with E-state index in [4.69, 9.17) is 0 Å². The van der Waals surface area contributed by atoms with E-state index in [0.717, 1.165) is 10.4 Å². The van der Waals surface area contributed by atoms with Crippen molar-refractivity contribution in [1.29, 1.82) is 0 Å². The zero-order valence-electron chi connectivity index (χ0n) is 11.9. The lowest BCUT2D eigenvalue weighted by molar-refractivity contribution is 0.102.